The molecule has 6 nitrogen and oxygen atoms in total. The van der Waals surface area contributed by atoms with Crippen molar-refractivity contribution in [2.75, 3.05) is 11.4 Å². The number of hydrogen-bond acceptors (Lipinski definition) is 4. The summed E-state index contributed by atoms with van der Waals surface area (Å²) >= 11 is 0. The van der Waals surface area contributed by atoms with Gasteiger partial charge in [0.25, 0.3) is 5.56 Å². The molecule has 0 saturated carbocycles. The molecule has 0 fully saturated rings. The molecule has 1 aromatic heterocycles. The van der Waals surface area contributed by atoms with Gasteiger partial charge >= 0.3 is 0 Å². The zero-order valence-electron chi connectivity index (χ0n) is 14.7. The van der Waals surface area contributed by atoms with Crippen molar-refractivity contribution in [3.63, 3.8) is 0 Å². The predicted molar refractivity (Wildman–Crippen MR) is 100 cm³/mol. The van der Waals surface area contributed by atoms with Gasteiger partial charge in [-0.25, -0.2) is 4.98 Å². The molecule has 132 valence electrons. The van der Waals surface area contributed by atoms with Gasteiger partial charge in [0.05, 0.1) is 30.3 Å². The number of carbonyl (C=O) groups excluding carboxylic acids is 2. The summed E-state index contributed by atoms with van der Waals surface area (Å²) in [6, 6.07) is 14.4. The highest BCUT2D eigenvalue weighted by Gasteiger charge is 2.18. The molecule has 3 aromatic rings. The van der Waals surface area contributed by atoms with Gasteiger partial charge in [0.2, 0.25) is 5.91 Å². The molecule has 1 amide bonds. The first-order valence-corrected chi connectivity index (χ1v) is 8.27. The minimum Gasteiger partial charge on any atom is -0.305 e. The van der Waals surface area contributed by atoms with Crippen LogP contribution in [0.15, 0.2) is 59.7 Å². The van der Waals surface area contributed by atoms with E-state index in [1.165, 1.54) is 22.7 Å². The summed E-state index contributed by atoms with van der Waals surface area (Å²) in [7, 11) is 0. The highest BCUT2D eigenvalue weighted by Crippen LogP contribution is 2.19. The summed E-state index contributed by atoms with van der Waals surface area (Å²) in [6.45, 7) is 3.07. The number of carbonyl (C=O) groups is 2. The van der Waals surface area contributed by atoms with E-state index in [0.717, 1.165) is 5.56 Å². The maximum atomic E-state index is 12.5. The van der Waals surface area contributed by atoms with Crippen LogP contribution in [0, 0.1) is 6.92 Å². The first-order valence-electron chi connectivity index (χ1n) is 8.27. The number of benzene rings is 2. The molecule has 0 bridgehead atoms. The third-order valence-corrected chi connectivity index (χ3v) is 4.20. The number of anilines is 1. The lowest BCUT2D eigenvalue weighted by molar-refractivity contribution is -0.122. The van der Waals surface area contributed by atoms with Crippen LogP contribution in [0.25, 0.3) is 10.9 Å². The third-order valence-electron chi connectivity index (χ3n) is 4.20. The molecular weight excluding hydrogens is 330 g/mol. The summed E-state index contributed by atoms with van der Waals surface area (Å²) in [5.41, 5.74) is 1.91. The number of nitrogens with zero attached hydrogens (tertiary/aromatic N) is 3. The second kappa shape index (κ2) is 7.31. The number of amides is 1. The molecule has 0 atom stereocenters. The van der Waals surface area contributed by atoms with Gasteiger partial charge in [-0.15, -0.1) is 0 Å². The third kappa shape index (κ3) is 3.54. The Hall–Kier alpha value is -3.28. The molecule has 26 heavy (non-hydrogen) atoms. The van der Waals surface area contributed by atoms with E-state index >= 15 is 0 Å². The van der Waals surface area contributed by atoms with E-state index < -0.39 is 0 Å². The smallest absolute Gasteiger partial charge is 0.261 e. The topological polar surface area (TPSA) is 72.3 Å². The Bertz CT molecular complexity index is 1040. The van der Waals surface area contributed by atoms with Crippen LogP contribution in [0.1, 0.15) is 12.5 Å². The molecule has 0 spiro atoms. The van der Waals surface area contributed by atoms with Crippen LogP contribution in [0.2, 0.25) is 0 Å². The summed E-state index contributed by atoms with van der Waals surface area (Å²) in [5, 5.41) is 0.463. The average Bonchev–Trinajstić information content (AvgIpc) is 2.63. The SMILES string of the molecule is CC(=O)N(CC(=O)Cn1cnc2ccccc2c1=O)c1ccccc1C. The predicted octanol–water partition coefficient (Wildman–Crippen LogP) is 2.33. The minimum atomic E-state index is -0.269. The number of fused-ring (bicyclic) bond motifs is 1. The molecule has 0 aliphatic carbocycles. The molecule has 0 N–H and O–H groups in total. The van der Waals surface area contributed by atoms with Crippen molar-refractivity contribution < 1.29 is 9.59 Å². The fourth-order valence-electron chi connectivity index (χ4n) is 2.87. The molecule has 0 unspecified atom stereocenters. The highest BCUT2D eigenvalue weighted by molar-refractivity contribution is 5.98. The normalized spacial score (nSPS) is 10.7. The van der Waals surface area contributed by atoms with Crippen molar-refractivity contribution >= 4 is 28.3 Å². The number of Topliss-reactive ketones (excluding diaryl/α,β-unsaturated/α-hetero) is 1. The summed E-state index contributed by atoms with van der Waals surface area (Å²) < 4.78 is 1.28. The lowest BCUT2D eigenvalue weighted by atomic mass is 10.1. The number of para-hydroxylation sites is 2. The fraction of sp³-hybridized carbons (Fsp3) is 0.200. The maximum absolute atomic E-state index is 12.5. The van der Waals surface area contributed by atoms with Gasteiger partial charge in [-0.3, -0.25) is 19.0 Å². The number of ketones is 1. The molecule has 0 radical (unpaired) electrons. The van der Waals surface area contributed by atoms with Gasteiger partial charge in [-0.2, -0.15) is 0 Å². The van der Waals surface area contributed by atoms with Crippen LogP contribution < -0.4 is 10.5 Å². The van der Waals surface area contributed by atoms with Crippen molar-refractivity contribution in [2.24, 2.45) is 0 Å². The largest absolute Gasteiger partial charge is 0.305 e. The van der Waals surface area contributed by atoms with Gasteiger partial charge in [0, 0.05) is 12.6 Å². The first kappa shape index (κ1) is 17.5. The highest BCUT2D eigenvalue weighted by atomic mass is 16.2. The van der Waals surface area contributed by atoms with Crippen LogP contribution in [-0.4, -0.2) is 27.8 Å². The Morgan fingerprint density at radius 3 is 2.50 bits per heavy atom. The Morgan fingerprint density at radius 1 is 1.08 bits per heavy atom. The number of hydrogen-bond donors (Lipinski definition) is 0. The van der Waals surface area contributed by atoms with E-state index in [1.54, 1.807) is 30.3 Å². The van der Waals surface area contributed by atoms with Crippen LogP contribution in [0.4, 0.5) is 5.69 Å². The Balaban J connectivity index is 1.84. The standard InChI is InChI=1S/C20H19N3O3/c1-14-7-3-6-10-19(14)23(15(2)24)12-16(25)11-22-13-21-18-9-5-4-8-17(18)20(22)26/h3-10,13H,11-12H2,1-2H3. The number of rotatable bonds is 5. The Morgan fingerprint density at radius 2 is 1.77 bits per heavy atom. The molecule has 1 heterocycles. The summed E-state index contributed by atoms with van der Waals surface area (Å²) in [5.74, 6) is -0.473. The van der Waals surface area contributed by atoms with Crippen molar-refractivity contribution in [2.45, 2.75) is 20.4 Å². The number of aromatic nitrogens is 2. The van der Waals surface area contributed by atoms with E-state index in [2.05, 4.69) is 4.98 Å². The Labute approximate surface area is 150 Å². The number of aryl methyl sites for hydroxylation is 1. The fourth-order valence-corrected chi connectivity index (χ4v) is 2.87. The molecule has 0 aliphatic heterocycles. The average molecular weight is 349 g/mol. The zero-order chi connectivity index (χ0) is 18.7. The van der Waals surface area contributed by atoms with Gasteiger partial charge in [-0.1, -0.05) is 30.3 Å². The van der Waals surface area contributed by atoms with E-state index in [0.29, 0.717) is 16.6 Å². The van der Waals surface area contributed by atoms with Crippen molar-refractivity contribution in [1.29, 1.82) is 0 Å². The lowest BCUT2D eigenvalue weighted by Gasteiger charge is -2.22. The first-order chi connectivity index (χ1) is 12.5. The van der Waals surface area contributed by atoms with Crippen LogP contribution in [0.3, 0.4) is 0 Å². The summed E-state index contributed by atoms with van der Waals surface area (Å²) in [6.07, 6.45) is 1.37. The molecule has 2 aromatic carbocycles. The molecule has 3 rings (SSSR count). The molecular formula is C20H19N3O3. The zero-order valence-corrected chi connectivity index (χ0v) is 14.7. The van der Waals surface area contributed by atoms with E-state index in [1.807, 2.05) is 25.1 Å². The second-order valence-corrected chi connectivity index (χ2v) is 6.13. The van der Waals surface area contributed by atoms with Gasteiger partial charge < -0.3 is 4.90 Å². The van der Waals surface area contributed by atoms with Gasteiger partial charge in [0.15, 0.2) is 5.78 Å². The minimum absolute atomic E-state index is 0.0978. The Kier molecular flexibility index (Phi) is 4.93. The van der Waals surface area contributed by atoms with E-state index in [9.17, 15) is 14.4 Å². The van der Waals surface area contributed by atoms with Crippen LogP contribution >= 0.6 is 0 Å². The quantitative estimate of drug-likeness (QED) is 0.709. The molecule has 0 saturated heterocycles. The van der Waals surface area contributed by atoms with E-state index in [4.69, 9.17) is 0 Å². The van der Waals surface area contributed by atoms with Crippen molar-refractivity contribution in [3.05, 3.63) is 70.8 Å². The van der Waals surface area contributed by atoms with Crippen molar-refractivity contribution in [3.8, 4) is 0 Å². The van der Waals surface area contributed by atoms with Crippen LogP contribution in [-0.2, 0) is 16.1 Å². The van der Waals surface area contributed by atoms with Gasteiger partial charge in [0.1, 0.15) is 0 Å². The van der Waals surface area contributed by atoms with Crippen LogP contribution in [0.5, 0.6) is 0 Å². The lowest BCUT2D eigenvalue weighted by Crippen LogP contribution is -2.37. The summed E-state index contributed by atoms with van der Waals surface area (Å²) in [4.78, 5) is 42.7. The second-order valence-electron chi connectivity index (χ2n) is 6.13. The molecule has 0 aliphatic rings. The monoisotopic (exact) mass is 349 g/mol. The van der Waals surface area contributed by atoms with Gasteiger partial charge in [-0.05, 0) is 30.7 Å². The van der Waals surface area contributed by atoms with Crippen molar-refractivity contribution in [1.82, 2.24) is 9.55 Å². The van der Waals surface area contributed by atoms with E-state index in [-0.39, 0.29) is 30.3 Å². The molecule has 6 heteroatoms. The maximum Gasteiger partial charge on any atom is 0.261 e.